The third-order valence-corrected chi connectivity index (χ3v) is 4.98. The first-order valence-corrected chi connectivity index (χ1v) is 10.8. The third kappa shape index (κ3) is 6.87. The van der Waals surface area contributed by atoms with E-state index in [4.69, 9.17) is 20.2 Å². The molecule has 1 aromatic carbocycles. The lowest BCUT2D eigenvalue weighted by Crippen LogP contribution is -2.36. The van der Waals surface area contributed by atoms with Crippen LogP contribution < -0.4 is 10.5 Å². The van der Waals surface area contributed by atoms with Crippen LogP contribution in [0.25, 0.3) is 11.4 Å². The first-order chi connectivity index (χ1) is 15.8. The van der Waals surface area contributed by atoms with Gasteiger partial charge in [0.2, 0.25) is 17.7 Å². The number of unbranched alkanes of at least 4 members (excludes halogenated alkanes) is 2. The van der Waals surface area contributed by atoms with Crippen LogP contribution in [0.3, 0.4) is 0 Å². The molecule has 8 nitrogen and oxygen atoms in total. The number of nitrogens with zero attached hydrogens (tertiary/aromatic N) is 4. The number of oxime groups is 1. The van der Waals surface area contributed by atoms with Gasteiger partial charge in [-0.3, -0.25) is 0 Å². The standard InChI is InChI=1S/C17H18F3N5O3.C5H12/c1-2-8-27-13-6-5-10(9-11(13)17(18,19)20)14-22-15(28-24-14)12-4-3-7-25(12)16(21)23-26;1-3-5-4-2/h2,5-6,9,12,26H,1,3-4,7-8H2,(H2,21,23);3-5H2,1-2H3/t12-;/m0./s1. The smallest absolute Gasteiger partial charge is 0.419 e. The highest BCUT2D eigenvalue weighted by Gasteiger charge is 2.36. The quantitative estimate of drug-likeness (QED) is 0.185. The molecule has 33 heavy (non-hydrogen) atoms. The van der Waals surface area contributed by atoms with Crippen molar-refractivity contribution in [2.24, 2.45) is 10.9 Å². The Morgan fingerprint density at radius 1 is 1.39 bits per heavy atom. The SMILES string of the molecule is C=CCOc1ccc(-c2noc([C@@H]3CCCN3/C(N)=N/O)n2)cc1C(F)(F)F.CCCCC. The molecule has 1 atom stereocenters. The Bertz CT molecular complexity index is 928. The highest BCUT2D eigenvalue weighted by Crippen LogP contribution is 2.39. The van der Waals surface area contributed by atoms with Crippen LogP contribution in [0.4, 0.5) is 13.2 Å². The van der Waals surface area contributed by atoms with Crippen LogP contribution in [0, 0.1) is 0 Å². The average Bonchev–Trinajstić information content (AvgIpc) is 3.47. The maximum Gasteiger partial charge on any atom is 0.419 e. The number of alkyl halides is 3. The van der Waals surface area contributed by atoms with Crippen molar-refractivity contribution in [3.05, 3.63) is 42.3 Å². The Morgan fingerprint density at radius 3 is 2.70 bits per heavy atom. The number of ether oxygens (including phenoxy) is 1. The molecule has 3 N–H and O–H groups in total. The number of hydrogen-bond donors (Lipinski definition) is 2. The topological polar surface area (TPSA) is 110 Å². The van der Waals surface area contributed by atoms with Crippen LogP contribution in [-0.4, -0.2) is 39.4 Å². The van der Waals surface area contributed by atoms with Gasteiger partial charge in [-0.05, 0) is 31.0 Å². The molecule has 182 valence electrons. The van der Waals surface area contributed by atoms with E-state index in [1.807, 2.05) is 0 Å². The number of guanidine groups is 1. The van der Waals surface area contributed by atoms with E-state index in [9.17, 15) is 13.2 Å². The van der Waals surface area contributed by atoms with Gasteiger partial charge in [0.25, 0.3) is 0 Å². The molecule has 3 rings (SSSR count). The molecule has 0 unspecified atom stereocenters. The van der Waals surface area contributed by atoms with Crippen LogP contribution in [0.2, 0.25) is 0 Å². The number of rotatable bonds is 7. The molecule has 2 heterocycles. The van der Waals surface area contributed by atoms with Gasteiger partial charge in [-0.15, -0.1) is 0 Å². The van der Waals surface area contributed by atoms with Gasteiger partial charge in [-0.2, -0.15) is 18.2 Å². The summed E-state index contributed by atoms with van der Waals surface area (Å²) >= 11 is 0. The van der Waals surface area contributed by atoms with Crippen molar-refractivity contribution in [2.45, 2.75) is 58.2 Å². The molecule has 11 heteroatoms. The monoisotopic (exact) mass is 469 g/mol. The Balaban J connectivity index is 0.000000696. The second-order valence-corrected chi connectivity index (χ2v) is 7.43. The summed E-state index contributed by atoms with van der Waals surface area (Å²) in [5.41, 5.74) is 4.82. The first-order valence-electron chi connectivity index (χ1n) is 10.8. The Morgan fingerprint density at radius 2 is 2.12 bits per heavy atom. The minimum absolute atomic E-state index is 0.00197. The van der Waals surface area contributed by atoms with Gasteiger partial charge in [0.05, 0.1) is 5.56 Å². The summed E-state index contributed by atoms with van der Waals surface area (Å²) in [4.78, 5) is 5.80. The molecule has 0 amide bonds. The van der Waals surface area contributed by atoms with E-state index in [1.54, 1.807) is 4.90 Å². The number of halogens is 3. The molecule has 1 aliphatic heterocycles. The fourth-order valence-corrected chi connectivity index (χ4v) is 3.36. The Kier molecular flexibility index (Phi) is 9.56. The summed E-state index contributed by atoms with van der Waals surface area (Å²) in [5.74, 6) is -0.221. The van der Waals surface area contributed by atoms with E-state index < -0.39 is 17.8 Å². The zero-order valence-electron chi connectivity index (χ0n) is 18.8. The predicted octanol–water partition coefficient (Wildman–Crippen LogP) is 5.36. The lowest BCUT2D eigenvalue weighted by Gasteiger charge is -2.21. The molecule has 0 spiro atoms. The fourth-order valence-electron chi connectivity index (χ4n) is 3.36. The summed E-state index contributed by atoms with van der Waals surface area (Å²) in [6, 6.07) is 3.12. The maximum absolute atomic E-state index is 13.4. The fraction of sp³-hybridized carbons (Fsp3) is 0.500. The van der Waals surface area contributed by atoms with Crippen molar-refractivity contribution in [3.8, 4) is 17.1 Å². The normalized spacial score (nSPS) is 16.3. The first kappa shape index (κ1) is 26.0. The third-order valence-electron chi connectivity index (χ3n) is 4.98. The Hall–Kier alpha value is -3.24. The van der Waals surface area contributed by atoms with Gasteiger partial charge in [0, 0.05) is 12.1 Å². The van der Waals surface area contributed by atoms with Crippen molar-refractivity contribution < 1.29 is 27.6 Å². The van der Waals surface area contributed by atoms with Gasteiger partial charge in [-0.1, -0.05) is 56.1 Å². The van der Waals surface area contributed by atoms with Gasteiger partial charge < -0.3 is 25.1 Å². The highest BCUT2D eigenvalue weighted by atomic mass is 19.4. The molecule has 0 aliphatic carbocycles. The average molecular weight is 470 g/mol. The van der Waals surface area contributed by atoms with E-state index in [-0.39, 0.29) is 35.6 Å². The predicted molar refractivity (Wildman–Crippen MR) is 118 cm³/mol. The second kappa shape index (κ2) is 12.1. The zero-order valence-corrected chi connectivity index (χ0v) is 18.8. The summed E-state index contributed by atoms with van der Waals surface area (Å²) in [6.07, 6.45) is 2.20. The van der Waals surface area contributed by atoms with Gasteiger partial charge in [0.15, 0.2) is 0 Å². The van der Waals surface area contributed by atoms with Crippen molar-refractivity contribution in [1.82, 2.24) is 15.0 Å². The van der Waals surface area contributed by atoms with Crippen molar-refractivity contribution in [2.75, 3.05) is 13.2 Å². The lowest BCUT2D eigenvalue weighted by molar-refractivity contribution is -0.138. The van der Waals surface area contributed by atoms with Crippen molar-refractivity contribution in [1.29, 1.82) is 0 Å². The van der Waals surface area contributed by atoms with Crippen LogP contribution >= 0.6 is 0 Å². The lowest BCUT2D eigenvalue weighted by atomic mass is 10.1. The molecule has 1 fully saturated rings. The van der Waals surface area contributed by atoms with Gasteiger partial charge >= 0.3 is 6.18 Å². The molecule has 0 bridgehead atoms. The molecule has 1 aliphatic rings. The highest BCUT2D eigenvalue weighted by molar-refractivity contribution is 5.78. The number of benzene rings is 1. The van der Waals surface area contributed by atoms with Crippen LogP contribution in [-0.2, 0) is 6.18 Å². The van der Waals surface area contributed by atoms with E-state index in [2.05, 4.69) is 35.7 Å². The summed E-state index contributed by atoms with van der Waals surface area (Å²) < 4.78 is 50.4. The van der Waals surface area contributed by atoms with Crippen molar-refractivity contribution in [3.63, 3.8) is 0 Å². The van der Waals surface area contributed by atoms with Gasteiger partial charge in [0.1, 0.15) is 18.4 Å². The summed E-state index contributed by atoms with van der Waals surface area (Å²) in [6.45, 7) is 8.32. The molecular formula is C22H30F3N5O3. The Labute approximate surface area is 190 Å². The molecule has 2 aromatic rings. The molecule has 0 saturated carbocycles. The van der Waals surface area contributed by atoms with Gasteiger partial charge in [-0.25, -0.2) is 0 Å². The molecule has 0 radical (unpaired) electrons. The largest absolute Gasteiger partial charge is 0.489 e. The minimum Gasteiger partial charge on any atom is -0.489 e. The molecule has 1 saturated heterocycles. The van der Waals surface area contributed by atoms with E-state index in [0.29, 0.717) is 13.0 Å². The number of aromatic nitrogens is 2. The molecular weight excluding hydrogens is 439 g/mol. The van der Waals surface area contributed by atoms with Crippen LogP contribution in [0.1, 0.15) is 63.4 Å². The van der Waals surface area contributed by atoms with E-state index >= 15 is 0 Å². The zero-order chi connectivity index (χ0) is 24.4. The minimum atomic E-state index is -4.62. The van der Waals surface area contributed by atoms with E-state index in [1.165, 1.54) is 37.5 Å². The number of nitrogens with two attached hydrogens (primary N) is 1. The summed E-state index contributed by atoms with van der Waals surface area (Å²) in [7, 11) is 0. The second-order valence-electron chi connectivity index (χ2n) is 7.43. The van der Waals surface area contributed by atoms with Crippen LogP contribution in [0.15, 0.2) is 40.5 Å². The maximum atomic E-state index is 13.4. The van der Waals surface area contributed by atoms with Crippen molar-refractivity contribution >= 4 is 5.96 Å². The number of hydrogen-bond acceptors (Lipinski definition) is 6. The number of likely N-dealkylation sites (tertiary alicyclic amines) is 1. The molecule has 1 aromatic heterocycles. The van der Waals surface area contributed by atoms with E-state index in [0.717, 1.165) is 12.5 Å². The summed E-state index contributed by atoms with van der Waals surface area (Å²) in [5, 5.41) is 15.6. The van der Waals surface area contributed by atoms with Crippen LogP contribution in [0.5, 0.6) is 5.75 Å².